The van der Waals surface area contributed by atoms with E-state index in [2.05, 4.69) is 22.3 Å². The summed E-state index contributed by atoms with van der Waals surface area (Å²) in [7, 11) is 0. The highest BCUT2D eigenvalue weighted by Gasteiger charge is 2.50. The van der Waals surface area contributed by atoms with Gasteiger partial charge >= 0.3 is 12.3 Å². The predicted octanol–water partition coefficient (Wildman–Crippen LogP) is 4.03. The molecule has 1 fully saturated rings. The molecule has 3 rings (SSSR count). The van der Waals surface area contributed by atoms with Gasteiger partial charge in [0.15, 0.2) is 0 Å². The first kappa shape index (κ1) is 20.2. The summed E-state index contributed by atoms with van der Waals surface area (Å²) in [5.74, 6) is 1.46. The van der Waals surface area contributed by atoms with Gasteiger partial charge in [-0.2, -0.15) is 13.2 Å². The van der Waals surface area contributed by atoms with Crippen molar-refractivity contribution in [3.8, 4) is 5.75 Å². The fourth-order valence-electron chi connectivity index (χ4n) is 2.00. The molecule has 0 atom stereocenters. The van der Waals surface area contributed by atoms with Crippen molar-refractivity contribution in [2.24, 2.45) is 5.92 Å². The number of nitrogens with one attached hydrogen (secondary N) is 2. The Labute approximate surface area is 150 Å². The number of alkyl halides is 3. The van der Waals surface area contributed by atoms with E-state index < -0.39 is 17.9 Å². The Hall–Kier alpha value is -2.16. The number of carbonyl (C=O) groups excluding carboxylic acids is 1. The fraction of sp³-hybridized carbons (Fsp3) is 0.588. The van der Waals surface area contributed by atoms with Gasteiger partial charge in [-0.05, 0) is 32.0 Å². The van der Waals surface area contributed by atoms with Gasteiger partial charge in [0.2, 0.25) is 5.60 Å². The van der Waals surface area contributed by atoms with Crippen molar-refractivity contribution in [1.82, 2.24) is 0 Å². The number of carbonyl (C=O) groups is 1. The molecule has 0 bridgehead atoms. The summed E-state index contributed by atoms with van der Waals surface area (Å²) in [6, 6.07) is 4.70. The predicted molar refractivity (Wildman–Crippen MR) is 90.6 cm³/mol. The van der Waals surface area contributed by atoms with Crippen LogP contribution < -0.4 is 15.4 Å². The Balaban J connectivity index is 0.000000417. The van der Waals surface area contributed by atoms with Crippen molar-refractivity contribution in [3.63, 3.8) is 0 Å². The summed E-state index contributed by atoms with van der Waals surface area (Å²) < 4.78 is 52.5. The molecule has 1 aromatic carbocycles. The molecule has 0 spiro atoms. The lowest BCUT2D eigenvalue weighted by Gasteiger charge is -2.27. The quantitative estimate of drug-likeness (QED) is 0.816. The third-order valence-electron chi connectivity index (χ3n) is 3.74. The van der Waals surface area contributed by atoms with Crippen molar-refractivity contribution in [1.29, 1.82) is 0 Å². The Morgan fingerprint density at radius 2 is 1.96 bits per heavy atom. The molecule has 146 valence electrons. The lowest BCUT2D eigenvalue weighted by molar-refractivity contribution is -0.242. The third kappa shape index (κ3) is 5.42. The minimum Gasteiger partial charge on any atom is -0.490 e. The number of benzene rings is 1. The van der Waals surface area contributed by atoms with Crippen LogP contribution in [-0.4, -0.2) is 44.2 Å². The molecule has 6 nitrogen and oxygen atoms in total. The summed E-state index contributed by atoms with van der Waals surface area (Å²) in [4.78, 5) is 11.6. The Morgan fingerprint density at radius 1 is 1.31 bits per heavy atom. The van der Waals surface area contributed by atoms with Crippen molar-refractivity contribution in [3.05, 3.63) is 18.2 Å². The fourth-order valence-corrected chi connectivity index (χ4v) is 2.00. The number of halogens is 3. The average Bonchev–Trinajstić information content (AvgIpc) is 2.51. The highest BCUT2D eigenvalue weighted by molar-refractivity contribution is 5.86. The maximum Gasteiger partial charge on any atom is 0.427 e. The molecule has 1 aromatic rings. The molecule has 0 radical (unpaired) electrons. The molecule has 0 aliphatic carbocycles. The molecule has 1 saturated heterocycles. The molecule has 9 heteroatoms. The van der Waals surface area contributed by atoms with Crippen molar-refractivity contribution in [2.75, 3.05) is 37.0 Å². The number of rotatable bonds is 2. The molecule has 1 amide bonds. The van der Waals surface area contributed by atoms with E-state index in [1.165, 1.54) is 6.07 Å². The molecule has 2 heterocycles. The van der Waals surface area contributed by atoms with E-state index in [1.807, 2.05) is 0 Å². The number of anilines is 2. The maximum absolute atomic E-state index is 12.6. The lowest BCUT2D eigenvalue weighted by atomic mass is 10.1. The normalized spacial score (nSPS) is 16.7. The van der Waals surface area contributed by atoms with Crippen LogP contribution in [0.4, 0.5) is 29.3 Å². The molecule has 2 aliphatic heterocycles. The SMILES string of the molecule is CC(C)(OC(=O)Nc1ccc2c(c1)NCCO2)C(F)(F)F.CC1COC1. The van der Waals surface area contributed by atoms with Gasteiger partial charge in [0.05, 0.1) is 18.9 Å². The summed E-state index contributed by atoms with van der Waals surface area (Å²) >= 11 is 0. The van der Waals surface area contributed by atoms with Crippen LogP contribution in [0.25, 0.3) is 0 Å². The summed E-state index contributed by atoms with van der Waals surface area (Å²) in [6.07, 6.45) is -5.82. The monoisotopic (exact) mass is 376 g/mol. The maximum atomic E-state index is 12.6. The zero-order valence-electron chi connectivity index (χ0n) is 14.9. The first-order valence-electron chi connectivity index (χ1n) is 8.23. The van der Waals surface area contributed by atoms with Crippen LogP contribution in [-0.2, 0) is 9.47 Å². The van der Waals surface area contributed by atoms with Crippen LogP contribution >= 0.6 is 0 Å². The molecule has 2 aliphatic rings. The van der Waals surface area contributed by atoms with Gasteiger partial charge in [0, 0.05) is 18.2 Å². The summed E-state index contributed by atoms with van der Waals surface area (Å²) in [6.45, 7) is 6.87. The Morgan fingerprint density at radius 3 is 2.50 bits per heavy atom. The van der Waals surface area contributed by atoms with Gasteiger partial charge < -0.3 is 19.5 Å². The largest absolute Gasteiger partial charge is 0.490 e. The second kappa shape index (κ2) is 8.03. The number of ether oxygens (including phenoxy) is 3. The van der Waals surface area contributed by atoms with Crippen LogP contribution in [0.3, 0.4) is 0 Å². The highest BCUT2D eigenvalue weighted by atomic mass is 19.4. The second-order valence-electron chi connectivity index (χ2n) is 6.65. The smallest absolute Gasteiger partial charge is 0.427 e. The van der Waals surface area contributed by atoms with E-state index in [9.17, 15) is 18.0 Å². The highest BCUT2D eigenvalue weighted by Crippen LogP contribution is 2.34. The van der Waals surface area contributed by atoms with E-state index in [-0.39, 0.29) is 0 Å². The summed E-state index contributed by atoms with van der Waals surface area (Å²) in [5.41, 5.74) is -1.59. The zero-order valence-corrected chi connectivity index (χ0v) is 14.9. The topological polar surface area (TPSA) is 68.8 Å². The first-order chi connectivity index (χ1) is 12.1. The second-order valence-corrected chi connectivity index (χ2v) is 6.65. The van der Waals surface area contributed by atoms with Gasteiger partial charge in [0.1, 0.15) is 12.4 Å². The number of fused-ring (bicyclic) bond motifs is 1. The molecule has 0 unspecified atom stereocenters. The van der Waals surface area contributed by atoms with E-state index in [4.69, 9.17) is 9.47 Å². The van der Waals surface area contributed by atoms with Crippen LogP contribution in [0.1, 0.15) is 20.8 Å². The molecule has 2 N–H and O–H groups in total. The van der Waals surface area contributed by atoms with Crippen molar-refractivity contribution in [2.45, 2.75) is 32.5 Å². The van der Waals surface area contributed by atoms with Crippen LogP contribution in [0.15, 0.2) is 18.2 Å². The third-order valence-corrected chi connectivity index (χ3v) is 3.74. The number of amides is 1. The minimum absolute atomic E-state index is 0.315. The molecule has 0 aromatic heterocycles. The zero-order chi connectivity index (χ0) is 19.4. The number of hydrogen-bond acceptors (Lipinski definition) is 5. The molecule has 26 heavy (non-hydrogen) atoms. The van der Waals surface area contributed by atoms with Gasteiger partial charge in [-0.25, -0.2) is 4.79 Å². The Bertz CT molecular complexity index is 631. The van der Waals surface area contributed by atoms with E-state index >= 15 is 0 Å². The van der Waals surface area contributed by atoms with Crippen LogP contribution in [0.5, 0.6) is 5.75 Å². The van der Waals surface area contributed by atoms with Crippen LogP contribution in [0.2, 0.25) is 0 Å². The van der Waals surface area contributed by atoms with Crippen molar-refractivity contribution >= 4 is 17.5 Å². The lowest BCUT2D eigenvalue weighted by Crippen LogP contribution is -2.44. The first-order valence-corrected chi connectivity index (χ1v) is 8.23. The van der Waals surface area contributed by atoms with Crippen molar-refractivity contribution < 1.29 is 32.2 Å². The van der Waals surface area contributed by atoms with Gasteiger partial charge in [-0.1, -0.05) is 6.92 Å². The average molecular weight is 376 g/mol. The van der Waals surface area contributed by atoms with E-state index in [0.717, 1.165) is 33.0 Å². The molecular weight excluding hydrogens is 353 g/mol. The standard InChI is InChI=1S/C13H15F3N2O3.C4H8O/c1-12(2,13(14,15)16)21-11(19)18-8-3-4-10-9(7-8)17-5-6-20-10;1-4-2-5-3-4/h3-4,7,17H,5-6H2,1-2H3,(H,18,19);4H,2-3H2,1H3. The molecular formula is C17H23F3N2O4. The van der Waals surface area contributed by atoms with E-state index in [1.54, 1.807) is 12.1 Å². The summed E-state index contributed by atoms with van der Waals surface area (Å²) in [5, 5.41) is 5.32. The van der Waals surface area contributed by atoms with E-state index in [0.29, 0.717) is 30.3 Å². The van der Waals surface area contributed by atoms with Gasteiger partial charge in [-0.3, -0.25) is 5.32 Å². The van der Waals surface area contributed by atoms with Crippen LogP contribution in [0, 0.1) is 5.92 Å². The van der Waals surface area contributed by atoms with Gasteiger partial charge in [-0.15, -0.1) is 0 Å². The number of hydrogen-bond donors (Lipinski definition) is 2. The molecule has 0 saturated carbocycles. The van der Waals surface area contributed by atoms with Gasteiger partial charge in [0.25, 0.3) is 0 Å². The minimum atomic E-state index is -4.64. The Kier molecular flexibility index (Phi) is 6.22.